The molecule has 2 heteroatoms. The summed E-state index contributed by atoms with van der Waals surface area (Å²) in [4.78, 5) is 0. The maximum atomic E-state index is 6.58. The molecule has 3 rings (SSSR count). The van der Waals surface area contributed by atoms with Crippen molar-refractivity contribution in [1.82, 2.24) is 0 Å². The van der Waals surface area contributed by atoms with Gasteiger partial charge in [-0.25, -0.2) is 0 Å². The lowest BCUT2D eigenvalue weighted by atomic mass is 9.98. The fourth-order valence-corrected chi connectivity index (χ4v) is 5.08. The van der Waals surface area contributed by atoms with Crippen molar-refractivity contribution in [2.24, 2.45) is 0 Å². The van der Waals surface area contributed by atoms with Crippen LogP contribution in [0.5, 0.6) is 0 Å². The van der Waals surface area contributed by atoms with E-state index in [9.17, 15) is 0 Å². The lowest BCUT2D eigenvalue weighted by Gasteiger charge is -2.09. The number of aryl methyl sites for hydroxylation is 6. The molecular formula is C32H40Cl2. The van der Waals surface area contributed by atoms with Crippen molar-refractivity contribution in [2.45, 2.75) is 90.9 Å². The van der Waals surface area contributed by atoms with Gasteiger partial charge < -0.3 is 0 Å². The molecule has 0 nitrogen and oxygen atoms in total. The minimum Gasteiger partial charge on any atom is -0.0840 e. The Balaban J connectivity index is 1.47. The predicted octanol–water partition coefficient (Wildman–Crippen LogP) is 10.0. The molecular weight excluding hydrogens is 455 g/mol. The van der Waals surface area contributed by atoms with Gasteiger partial charge in [-0.3, -0.25) is 0 Å². The van der Waals surface area contributed by atoms with E-state index in [1.54, 1.807) is 0 Å². The van der Waals surface area contributed by atoms with E-state index in [0.717, 1.165) is 48.6 Å². The van der Waals surface area contributed by atoms with Crippen LogP contribution in [-0.2, 0) is 38.5 Å². The Hall–Kier alpha value is -1.76. The molecule has 34 heavy (non-hydrogen) atoms. The molecule has 0 heterocycles. The number of hydrogen-bond donors (Lipinski definition) is 0. The maximum Gasteiger partial charge on any atom is 0.0440 e. The summed E-state index contributed by atoms with van der Waals surface area (Å²) in [5.41, 5.74) is 7.94. The predicted molar refractivity (Wildman–Crippen MR) is 151 cm³/mol. The van der Waals surface area contributed by atoms with Crippen LogP contribution < -0.4 is 0 Å². The summed E-state index contributed by atoms with van der Waals surface area (Å²) in [6.45, 7) is 4.48. The number of halogens is 2. The van der Waals surface area contributed by atoms with Crippen molar-refractivity contribution in [3.63, 3.8) is 0 Å². The summed E-state index contributed by atoms with van der Waals surface area (Å²) in [7, 11) is 0. The zero-order valence-corrected chi connectivity index (χ0v) is 22.5. The van der Waals surface area contributed by atoms with Gasteiger partial charge in [-0.1, -0.05) is 111 Å². The van der Waals surface area contributed by atoms with Gasteiger partial charge in [0, 0.05) is 10.0 Å². The normalized spacial score (nSPS) is 11.2. The van der Waals surface area contributed by atoms with Crippen molar-refractivity contribution in [2.75, 3.05) is 0 Å². The van der Waals surface area contributed by atoms with Crippen LogP contribution in [-0.4, -0.2) is 0 Å². The Bertz CT molecular complexity index is 922. The smallest absolute Gasteiger partial charge is 0.0440 e. The zero-order chi connectivity index (χ0) is 24.2. The minimum atomic E-state index is 0.916. The molecule has 0 saturated heterocycles. The van der Waals surface area contributed by atoms with Crippen LogP contribution in [0.15, 0.2) is 60.7 Å². The fraction of sp³-hybridized carbons (Fsp3) is 0.438. The van der Waals surface area contributed by atoms with Crippen LogP contribution in [0.1, 0.15) is 85.8 Å². The van der Waals surface area contributed by atoms with Gasteiger partial charge in [0.2, 0.25) is 0 Å². The van der Waals surface area contributed by atoms with Crippen LogP contribution in [0, 0.1) is 0 Å². The molecule has 0 aliphatic carbocycles. The second-order valence-electron chi connectivity index (χ2n) is 9.58. The number of rotatable bonds is 14. The lowest BCUT2D eigenvalue weighted by molar-refractivity contribution is 0.717. The summed E-state index contributed by atoms with van der Waals surface area (Å²) < 4.78 is 0. The molecule has 0 radical (unpaired) electrons. The van der Waals surface area contributed by atoms with Gasteiger partial charge in [-0.15, -0.1) is 0 Å². The minimum absolute atomic E-state index is 0.916. The summed E-state index contributed by atoms with van der Waals surface area (Å²) in [6.07, 6.45) is 13.8. The van der Waals surface area contributed by atoms with Crippen molar-refractivity contribution in [1.29, 1.82) is 0 Å². The van der Waals surface area contributed by atoms with E-state index < -0.39 is 0 Å². The van der Waals surface area contributed by atoms with E-state index in [1.165, 1.54) is 71.9 Å². The van der Waals surface area contributed by atoms with Crippen molar-refractivity contribution >= 4 is 23.2 Å². The third kappa shape index (κ3) is 8.79. The van der Waals surface area contributed by atoms with E-state index in [1.807, 2.05) is 0 Å². The van der Waals surface area contributed by atoms with Gasteiger partial charge in [0.05, 0.1) is 0 Å². The monoisotopic (exact) mass is 494 g/mol. The molecule has 0 N–H and O–H groups in total. The average Bonchev–Trinajstić information content (AvgIpc) is 2.84. The highest BCUT2D eigenvalue weighted by atomic mass is 35.5. The number of benzene rings is 3. The molecule has 3 aromatic rings. The first kappa shape index (κ1) is 26.8. The third-order valence-electron chi connectivity index (χ3n) is 6.76. The molecule has 0 aliphatic rings. The van der Waals surface area contributed by atoms with Crippen LogP contribution in [0.25, 0.3) is 0 Å². The van der Waals surface area contributed by atoms with E-state index >= 15 is 0 Å². The lowest BCUT2D eigenvalue weighted by Crippen LogP contribution is -1.96. The molecule has 0 bridgehead atoms. The van der Waals surface area contributed by atoms with Crippen LogP contribution >= 0.6 is 23.2 Å². The Kier molecular flexibility index (Phi) is 11.5. The summed E-state index contributed by atoms with van der Waals surface area (Å²) in [5, 5.41) is 1.83. The highest BCUT2D eigenvalue weighted by Gasteiger charge is 2.06. The first-order valence-electron chi connectivity index (χ1n) is 13.2. The maximum absolute atomic E-state index is 6.58. The topological polar surface area (TPSA) is 0 Å². The van der Waals surface area contributed by atoms with E-state index in [4.69, 9.17) is 23.2 Å². The van der Waals surface area contributed by atoms with Crippen LogP contribution in [0.2, 0.25) is 10.0 Å². The molecule has 0 amide bonds. The first-order chi connectivity index (χ1) is 16.6. The van der Waals surface area contributed by atoms with E-state index in [2.05, 4.69) is 74.5 Å². The van der Waals surface area contributed by atoms with Crippen molar-refractivity contribution < 1.29 is 0 Å². The zero-order valence-electron chi connectivity index (χ0n) is 21.0. The van der Waals surface area contributed by atoms with Gasteiger partial charge in [0.25, 0.3) is 0 Å². The van der Waals surface area contributed by atoms with E-state index in [0.29, 0.717) is 0 Å². The van der Waals surface area contributed by atoms with Gasteiger partial charge in [0.1, 0.15) is 0 Å². The third-order valence-corrected chi connectivity index (χ3v) is 7.47. The molecule has 3 aromatic carbocycles. The molecule has 0 aromatic heterocycles. The second-order valence-corrected chi connectivity index (χ2v) is 10.4. The van der Waals surface area contributed by atoms with Crippen molar-refractivity contribution in [3.8, 4) is 0 Å². The highest BCUT2D eigenvalue weighted by Crippen LogP contribution is 2.23. The SMILES string of the molecule is CCCCCc1ccc(CCc2ccc(CCc3ccc(CCCCC)cc3Cl)cc2)c(Cl)c1. The first-order valence-corrected chi connectivity index (χ1v) is 14.0. The quantitative estimate of drug-likeness (QED) is 0.195. The average molecular weight is 496 g/mol. The molecule has 0 saturated carbocycles. The fourth-order valence-electron chi connectivity index (χ4n) is 4.49. The van der Waals surface area contributed by atoms with E-state index in [-0.39, 0.29) is 0 Å². The molecule has 0 atom stereocenters. The molecule has 0 fully saturated rings. The largest absolute Gasteiger partial charge is 0.0840 e. The van der Waals surface area contributed by atoms with Gasteiger partial charge in [-0.2, -0.15) is 0 Å². The van der Waals surface area contributed by atoms with Gasteiger partial charge in [-0.05, 0) is 96.9 Å². The Morgan fingerprint density at radius 1 is 0.441 bits per heavy atom. The molecule has 0 spiro atoms. The Labute approximate surface area is 217 Å². The molecule has 182 valence electrons. The summed E-state index contributed by atoms with van der Waals surface area (Å²) in [6, 6.07) is 22.3. The Morgan fingerprint density at radius 2 is 0.824 bits per heavy atom. The summed E-state index contributed by atoms with van der Waals surface area (Å²) in [5.74, 6) is 0. The standard InChI is InChI=1S/C32H40Cl2/c1-3-5-7-9-27-17-21-29(31(33)23-27)19-15-25-11-13-26(14-12-25)16-20-30-22-18-28(24-32(30)34)10-8-6-4-2/h11-14,17-18,21-24H,3-10,15-16,19-20H2,1-2H3. The van der Waals surface area contributed by atoms with Gasteiger partial charge >= 0.3 is 0 Å². The Morgan fingerprint density at radius 3 is 1.18 bits per heavy atom. The number of hydrogen-bond acceptors (Lipinski definition) is 0. The van der Waals surface area contributed by atoms with Crippen molar-refractivity contribution in [3.05, 3.63) is 104 Å². The van der Waals surface area contributed by atoms with Crippen LogP contribution in [0.3, 0.4) is 0 Å². The van der Waals surface area contributed by atoms with Crippen LogP contribution in [0.4, 0.5) is 0 Å². The molecule has 0 unspecified atom stereocenters. The molecule has 0 aliphatic heterocycles. The highest BCUT2D eigenvalue weighted by molar-refractivity contribution is 6.31. The van der Waals surface area contributed by atoms with Gasteiger partial charge in [0.15, 0.2) is 0 Å². The number of unbranched alkanes of at least 4 members (excludes halogenated alkanes) is 4. The summed E-state index contributed by atoms with van der Waals surface area (Å²) >= 11 is 13.2. The second kappa shape index (κ2) is 14.6.